The van der Waals surface area contributed by atoms with E-state index in [9.17, 15) is 14.7 Å². The molecule has 6 rings (SSSR count). The molecule has 10 nitrogen and oxygen atoms in total. The Bertz CT molecular complexity index is 1850. The number of nitrogens with one attached hydrogen (secondary N) is 1. The van der Waals surface area contributed by atoms with E-state index in [2.05, 4.69) is 26.8 Å². The highest BCUT2D eigenvalue weighted by Crippen LogP contribution is 2.47. The molecule has 1 amide bonds. The molecule has 4 aromatic rings. The molecule has 1 aromatic carbocycles. The van der Waals surface area contributed by atoms with Crippen molar-refractivity contribution in [1.82, 2.24) is 24.4 Å². The van der Waals surface area contributed by atoms with Crippen LogP contribution in [0.2, 0.25) is 10.0 Å². The molecule has 2 atom stereocenters. The van der Waals surface area contributed by atoms with Crippen LogP contribution in [0.3, 0.4) is 0 Å². The van der Waals surface area contributed by atoms with Crippen molar-refractivity contribution in [3.8, 4) is 22.7 Å². The van der Waals surface area contributed by atoms with Gasteiger partial charge in [-0.25, -0.2) is 14.3 Å². The Hall–Kier alpha value is -4.15. The van der Waals surface area contributed by atoms with Crippen molar-refractivity contribution in [2.24, 2.45) is 0 Å². The predicted molar refractivity (Wildman–Crippen MR) is 170 cm³/mol. The molecule has 222 valence electrons. The maximum atomic E-state index is 14.2. The normalized spacial score (nSPS) is 17.9. The predicted octanol–water partition coefficient (Wildman–Crippen LogP) is 5.30. The molecular weight excluding hydrogens is 589 g/mol. The number of fused-ring (bicyclic) bond motifs is 2. The Morgan fingerprint density at radius 2 is 1.98 bits per heavy atom. The average molecular weight is 621 g/mol. The Kier molecular flexibility index (Phi) is 7.30. The van der Waals surface area contributed by atoms with Gasteiger partial charge in [0.2, 0.25) is 5.91 Å². The lowest BCUT2D eigenvalue weighted by Crippen LogP contribution is -2.60. The van der Waals surface area contributed by atoms with E-state index in [-0.39, 0.29) is 51.0 Å². The maximum Gasteiger partial charge on any atom is 0.355 e. The summed E-state index contributed by atoms with van der Waals surface area (Å²) in [7, 11) is 0. The first kappa shape index (κ1) is 28.9. The largest absolute Gasteiger partial charge is 0.507 e. The van der Waals surface area contributed by atoms with Gasteiger partial charge in [0.1, 0.15) is 11.6 Å². The van der Waals surface area contributed by atoms with Gasteiger partial charge in [-0.15, -0.1) is 0 Å². The molecule has 2 N–H and O–H groups in total. The maximum absolute atomic E-state index is 14.2. The van der Waals surface area contributed by atoms with Crippen molar-refractivity contribution in [1.29, 1.82) is 0 Å². The molecule has 2 unspecified atom stereocenters. The number of carbonyl (C=O) groups excluding carboxylic acids is 1. The number of nitrogens with zero attached hydrogens (tertiary/aromatic N) is 6. The molecule has 0 spiro atoms. The standard InChI is InChI=1S/C31H31Cl2N7O3/c1-6-21(42)38-14-18-12-35-26-23-29(39(18)13-17(38)5)37-31(43)40(28-16(4)10-11-34-25(28)15(2)3)30(23)36-27(24(26)33)22-19(32)8-7-9-20(22)41/h6-11,15,17-18,35,41H,1,12-14H2,2-5H3. The van der Waals surface area contributed by atoms with Gasteiger partial charge in [0.05, 0.1) is 49.8 Å². The van der Waals surface area contributed by atoms with Crippen LogP contribution in [0.25, 0.3) is 28.0 Å². The first-order chi connectivity index (χ1) is 20.5. The fourth-order valence-corrected chi connectivity index (χ4v) is 6.66. The smallest absolute Gasteiger partial charge is 0.355 e. The highest BCUT2D eigenvalue weighted by Gasteiger charge is 2.39. The van der Waals surface area contributed by atoms with Gasteiger partial charge in [-0.05, 0) is 49.6 Å². The van der Waals surface area contributed by atoms with E-state index in [0.717, 1.165) is 5.56 Å². The van der Waals surface area contributed by atoms with Crippen LogP contribution in [0.15, 0.2) is 47.9 Å². The summed E-state index contributed by atoms with van der Waals surface area (Å²) < 4.78 is 1.48. The molecule has 0 saturated carbocycles. The summed E-state index contributed by atoms with van der Waals surface area (Å²) in [6.45, 7) is 12.8. The van der Waals surface area contributed by atoms with E-state index < -0.39 is 5.69 Å². The zero-order chi connectivity index (χ0) is 30.7. The van der Waals surface area contributed by atoms with Gasteiger partial charge < -0.3 is 20.2 Å². The van der Waals surface area contributed by atoms with Gasteiger partial charge in [-0.3, -0.25) is 9.78 Å². The minimum Gasteiger partial charge on any atom is -0.507 e. The molecule has 0 bridgehead atoms. The Labute approximate surface area is 258 Å². The molecular formula is C31H31Cl2N7O3. The summed E-state index contributed by atoms with van der Waals surface area (Å²) in [5.74, 6) is 0.156. The number of hydrogen-bond donors (Lipinski definition) is 2. The zero-order valence-corrected chi connectivity index (χ0v) is 25.7. The summed E-state index contributed by atoms with van der Waals surface area (Å²) in [4.78, 5) is 44.9. The monoisotopic (exact) mass is 619 g/mol. The Morgan fingerprint density at radius 1 is 1.21 bits per heavy atom. The Morgan fingerprint density at radius 3 is 2.67 bits per heavy atom. The van der Waals surface area contributed by atoms with E-state index in [1.807, 2.05) is 33.8 Å². The lowest BCUT2D eigenvalue weighted by atomic mass is 10.0. The van der Waals surface area contributed by atoms with Crippen LogP contribution < -0.4 is 15.9 Å². The first-order valence-electron chi connectivity index (χ1n) is 14.1. The molecule has 1 saturated heterocycles. The molecule has 5 heterocycles. The number of hydrogen-bond acceptors (Lipinski definition) is 8. The average Bonchev–Trinajstić information content (AvgIpc) is 3.12. The number of carbonyl (C=O) groups is 1. The molecule has 0 radical (unpaired) electrons. The fraction of sp³-hybridized carbons (Fsp3) is 0.323. The van der Waals surface area contributed by atoms with Crippen molar-refractivity contribution in [2.45, 2.75) is 45.7 Å². The molecule has 1 fully saturated rings. The summed E-state index contributed by atoms with van der Waals surface area (Å²) in [5.41, 5.74) is 2.86. The van der Waals surface area contributed by atoms with Gasteiger partial charge in [-0.1, -0.05) is 49.7 Å². The fourth-order valence-electron chi connectivity index (χ4n) is 6.10. The van der Waals surface area contributed by atoms with Crippen LogP contribution in [0.4, 0.5) is 11.5 Å². The number of halogens is 2. The molecule has 0 aliphatic carbocycles. The third kappa shape index (κ3) is 4.60. The van der Waals surface area contributed by atoms with Gasteiger partial charge in [0.15, 0.2) is 5.65 Å². The van der Waals surface area contributed by atoms with E-state index in [1.165, 1.54) is 16.7 Å². The Balaban J connectivity index is 1.72. The van der Waals surface area contributed by atoms with Crippen molar-refractivity contribution >= 4 is 51.6 Å². The van der Waals surface area contributed by atoms with Gasteiger partial charge in [0, 0.05) is 31.9 Å². The number of benzene rings is 1. The van der Waals surface area contributed by atoms with Crippen LogP contribution in [-0.2, 0) is 4.79 Å². The van der Waals surface area contributed by atoms with Crippen molar-refractivity contribution in [2.75, 3.05) is 29.9 Å². The van der Waals surface area contributed by atoms with Crippen molar-refractivity contribution in [3.63, 3.8) is 0 Å². The lowest BCUT2D eigenvalue weighted by molar-refractivity contribution is -0.128. The number of pyridine rings is 2. The second-order valence-electron chi connectivity index (χ2n) is 11.3. The van der Waals surface area contributed by atoms with Crippen molar-refractivity contribution in [3.05, 3.63) is 74.9 Å². The quantitative estimate of drug-likeness (QED) is 0.295. The number of anilines is 2. The number of aryl methyl sites for hydroxylation is 1. The highest BCUT2D eigenvalue weighted by molar-refractivity contribution is 6.39. The molecule has 43 heavy (non-hydrogen) atoms. The first-order valence-corrected chi connectivity index (χ1v) is 14.8. The number of piperazine rings is 1. The second-order valence-corrected chi connectivity index (χ2v) is 12.1. The number of aromatic hydroxyl groups is 1. The minimum atomic E-state index is -0.534. The number of phenols is 1. The number of aromatic nitrogens is 4. The zero-order valence-electron chi connectivity index (χ0n) is 24.2. The van der Waals surface area contributed by atoms with Crippen molar-refractivity contribution < 1.29 is 9.90 Å². The number of amides is 1. The molecule has 2 aliphatic rings. The third-order valence-corrected chi connectivity index (χ3v) is 8.87. The molecule has 3 aromatic heterocycles. The van der Waals surface area contributed by atoms with Crippen LogP contribution in [0.1, 0.15) is 37.9 Å². The highest BCUT2D eigenvalue weighted by atomic mass is 35.5. The summed E-state index contributed by atoms with van der Waals surface area (Å²) >= 11 is 13.7. The topological polar surface area (TPSA) is 116 Å². The summed E-state index contributed by atoms with van der Waals surface area (Å²) in [6, 6.07) is 6.23. The van der Waals surface area contributed by atoms with E-state index in [4.69, 9.17) is 28.2 Å². The van der Waals surface area contributed by atoms with Gasteiger partial charge in [0.25, 0.3) is 0 Å². The summed E-state index contributed by atoms with van der Waals surface area (Å²) in [5, 5.41) is 15.4. The lowest BCUT2D eigenvalue weighted by Gasteiger charge is -2.45. The van der Waals surface area contributed by atoms with Crippen LogP contribution in [0, 0.1) is 6.92 Å². The number of rotatable bonds is 4. The van der Waals surface area contributed by atoms with Gasteiger partial charge >= 0.3 is 5.69 Å². The SMILES string of the molecule is C=CC(=O)N1CC2CNc3c(Cl)c(-c4c(O)cccc4Cl)nc4c3c(nc(=O)n4-c3c(C)ccnc3C(C)C)N2CC1C. The van der Waals surface area contributed by atoms with E-state index in [0.29, 0.717) is 53.6 Å². The number of phenolic OH excluding ortho intramolecular Hbond substituents is 1. The second kappa shape index (κ2) is 10.8. The molecule has 2 aliphatic heterocycles. The van der Waals surface area contributed by atoms with Crippen LogP contribution in [0.5, 0.6) is 5.75 Å². The molecule has 12 heteroatoms. The summed E-state index contributed by atoms with van der Waals surface area (Å²) in [6.07, 6.45) is 3.03. The third-order valence-electron chi connectivity index (χ3n) is 8.19. The van der Waals surface area contributed by atoms with E-state index >= 15 is 0 Å². The van der Waals surface area contributed by atoms with Crippen LogP contribution in [-0.4, -0.2) is 67.2 Å². The van der Waals surface area contributed by atoms with Gasteiger partial charge in [-0.2, -0.15) is 4.98 Å². The van der Waals surface area contributed by atoms with Crippen LogP contribution >= 0.6 is 23.2 Å². The van der Waals surface area contributed by atoms with E-state index in [1.54, 1.807) is 23.2 Å². The minimum absolute atomic E-state index is 0.00936.